The molecule has 0 bridgehead atoms. The number of rotatable bonds is 6. The van der Waals surface area contributed by atoms with Crippen LogP contribution in [0.2, 0.25) is 5.02 Å². The van der Waals surface area contributed by atoms with E-state index in [4.69, 9.17) is 11.6 Å². The van der Waals surface area contributed by atoms with E-state index in [-0.39, 0.29) is 22.2 Å². The highest BCUT2D eigenvalue weighted by Gasteiger charge is 2.26. The third-order valence-corrected chi connectivity index (χ3v) is 6.37. The number of benzene rings is 2. The predicted molar refractivity (Wildman–Crippen MR) is 110 cm³/mol. The Morgan fingerprint density at radius 1 is 1.07 bits per heavy atom. The molecule has 3 aromatic rings. The van der Waals surface area contributed by atoms with Gasteiger partial charge in [0, 0.05) is 18.4 Å². The smallest absolute Gasteiger partial charge is 0.274 e. The van der Waals surface area contributed by atoms with Crippen LogP contribution in [0, 0.1) is 0 Å². The largest absolute Gasteiger partial charge is 0.321 e. The monoisotopic (exact) mass is 415 g/mol. The van der Waals surface area contributed by atoms with Gasteiger partial charge in [-0.25, -0.2) is 8.42 Å². The van der Waals surface area contributed by atoms with Crippen molar-refractivity contribution in [1.82, 2.24) is 4.98 Å². The Labute approximate surface area is 168 Å². The minimum Gasteiger partial charge on any atom is -0.321 e. The third kappa shape index (κ3) is 4.16. The molecule has 1 N–H and O–H groups in total. The summed E-state index contributed by atoms with van der Waals surface area (Å²) in [6.45, 7) is 1.97. The molecule has 0 unspecified atom stereocenters. The van der Waals surface area contributed by atoms with Gasteiger partial charge in [-0.05, 0) is 49.4 Å². The van der Waals surface area contributed by atoms with Crippen molar-refractivity contribution in [2.24, 2.45) is 0 Å². The molecule has 1 amide bonds. The lowest BCUT2D eigenvalue weighted by molar-refractivity contribution is 0.102. The van der Waals surface area contributed by atoms with E-state index < -0.39 is 15.9 Å². The van der Waals surface area contributed by atoms with E-state index in [2.05, 4.69) is 10.3 Å². The number of carbonyl (C=O) groups is 1. The second-order valence-electron chi connectivity index (χ2n) is 5.82. The van der Waals surface area contributed by atoms with Gasteiger partial charge in [-0.15, -0.1) is 0 Å². The fraction of sp³-hybridized carbons (Fsp3) is 0.100. The van der Waals surface area contributed by atoms with Crippen molar-refractivity contribution in [3.05, 3.63) is 83.6 Å². The molecule has 0 aliphatic carbocycles. The van der Waals surface area contributed by atoms with Crippen LogP contribution in [0.4, 0.5) is 11.4 Å². The minimum atomic E-state index is -3.92. The van der Waals surface area contributed by atoms with Gasteiger partial charge in [-0.3, -0.25) is 14.1 Å². The molecule has 28 heavy (non-hydrogen) atoms. The maximum Gasteiger partial charge on any atom is 0.274 e. The molecular weight excluding hydrogens is 398 g/mol. The van der Waals surface area contributed by atoms with Gasteiger partial charge in [0.25, 0.3) is 15.9 Å². The van der Waals surface area contributed by atoms with Crippen molar-refractivity contribution >= 4 is 38.9 Å². The number of halogens is 1. The number of amides is 1. The Kier molecular flexibility index (Phi) is 5.96. The number of aromatic nitrogens is 1. The number of hydrogen-bond acceptors (Lipinski definition) is 4. The Balaban J connectivity index is 1.95. The average Bonchev–Trinajstić information content (AvgIpc) is 2.71. The zero-order valence-electron chi connectivity index (χ0n) is 15.0. The van der Waals surface area contributed by atoms with Crippen LogP contribution < -0.4 is 9.62 Å². The molecule has 0 radical (unpaired) electrons. The summed E-state index contributed by atoms with van der Waals surface area (Å²) in [6.07, 6.45) is 1.51. The summed E-state index contributed by atoms with van der Waals surface area (Å²) in [5.74, 6) is -0.443. The molecule has 1 heterocycles. The molecule has 0 spiro atoms. The zero-order valence-corrected chi connectivity index (χ0v) is 16.6. The molecule has 0 aliphatic rings. The van der Waals surface area contributed by atoms with E-state index in [0.29, 0.717) is 11.4 Å². The summed E-state index contributed by atoms with van der Waals surface area (Å²) in [7, 11) is -3.92. The first-order valence-corrected chi connectivity index (χ1v) is 10.3. The maximum absolute atomic E-state index is 13.2. The maximum atomic E-state index is 13.2. The highest BCUT2D eigenvalue weighted by molar-refractivity contribution is 7.93. The van der Waals surface area contributed by atoms with Crippen LogP contribution in [0.3, 0.4) is 0 Å². The SMILES string of the molecule is CCN(c1ccccc1)S(=O)(=O)c1cc(NC(=O)c2ccccn2)ccc1Cl. The van der Waals surface area contributed by atoms with Gasteiger partial charge in [0.1, 0.15) is 10.6 Å². The summed E-state index contributed by atoms with van der Waals surface area (Å²) >= 11 is 6.19. The minimum absolute atomic E-state index is 0.0743. The number of nitrogens with one attached hydrogen (secondary N) is 1. The van der Waals surface area contributed by atoms with Crippen molar-refractivity contribution in [3.63, 3.8) is 0 Å². The highest BCUT2D eigenvalue weighted by Crippen LogP contribution is 2.30. The lowest BCUT2D eigenvalue weighted by Gasteiger charge is -2.23. The van der Waals surface area contributed by atoms with Crippen molar-refractivity contribution in [2.45, 2.75) is 11.8 Å². The molecular formula is C20H18ClN3O3S. The summed E-state index contributed by atoms with van der Waals surface area (Å²) in [4.78, 5) is 16.2. The Morgan fingerprint density at radius 2 is 1.79 bits per heavy atom. The van der Waals surface area contributed by atoms with Crippen LogP contribution in [0.25, 0.3) is 0 Å². The molecule has 144 valence electrons. The van der Waals surface area contributed by atoms with Gasteiger partial charge >= 0.3 is 0 Å². The molecule has 0 saturated heterocycles. The van der Waals surface area contributed by atoms with Gasteiger partial charge in [0.15, 0.2) is 0 Å². The summed E-state index contributed by atoms with van der Waals surface area (Å²) in [6, 6.07) is 18.1. The average molecular weight is 416 g/mol. The van der Waals surface area contributed by atoms with Crippen molar-refractivity contribution in [2.75, 3.05) is 16.2 Å². The summed E-state index contributed by atoms with van der Waals surface area (Å²) in [5, 5.41) is 2.73. The lowest BCUT2D eigenvalue weighted by atomic mass is 10.3. The number of pyridine rings is 1. The second-order valence-corrected chi connectivity index (χ2v) is 8.06. The second kappa shape index (κ2) is 8.41. The Morgan fingerprint density at radius 3 is 2.43 bits per heavy atom. The topological polar surface area (TPSA) is 79.4 Å². The van der Waals surface area contributed by atoms with E-state index in [1.165, 1.54) is 22.6 Å². The number of hydrogen-bond donors (Lipinski definition) is 1. The van der Waals surface area contributed by atoms with E-state index in [1.54, 1.807) is 55.5 Å². The van der Waals surface area contributed by atoms with Crippen LogP contribution >= 0.6 is 11.6 Å². The van der Waals surface area contributed by atoms with Gasteiger partial charge in [0.05, 0.1) is 10.7 Å². The molecule has 0 atom stereocenters. The third-order valence-electron chi connectivity index (χ3n) is 3.99. The number of sulfonamides is 1. The molecule has 6 nitrogen and oxygen atoms in total. The van der Waals surface area contributed by atoms with E-state index >= 15 is 0 Å². The zero-order chi connectivity index (χ0) is 20.1. The van der Waals surface area contributed by atoms with Crippen LogP contribution in [-0.4, -0.2) is 25.9 Å². The normalized spacial score (nSPS) is 11.1. The quantitative estimate of drug-likeness (QED) is 0.654. The first kappa shape index (κ1) is 19.9. The predicted octanol–water partition coefficient (Wildman–Crippen LogP) is 4.20. The van der Waals surface area contributed by atoms with Crippen LogP contribution in [-0.2, 0) is 10.0 Å². The lowest BCUT2D eigenvalue weighted by Crippen LogP contribution is -2.31. The summed E-state index contributed by atoms with van der Waals surface area (Å²) in [5.41, 5.74) is 1.06. The Bertz CT molecular complexity index is 1070. The molecule has 1 aromatic heterocycles. The van der Waals surface area contributed by atoms with Gasteiger partial charge in [-0.1, -0.05) is 35.9 Å². The molecule has 0 fully saturated rings. The number of carbonyl (C=O) groups excluding carboxylic acids is 1. The summed E-state index contributed by atoms with van der Waals surface area (Å²) < 4.78 is 27.7. The molecule has 3 rings (SSSR count). The molecule has 2 aromatic carbocycles. The van der Waals surface area contributed by atoms with Crippen LogP contribution in [0.5, 0.6) is 0 Å². The van der Waals surface area contributed by atoms with E-state index in [0.717, 1.165) is 0 Å². The molecule has 8 heteroatoms. The standard InChI is InChI=1S/C20H18ClN3O3S/c1-2-24(16-8-4-3-5-9-16)28(26,27)19-14-15(11-12-17(19)21)23-20(25)18-10-6-7-13-22-18/h3-14H,2H2,1H3,(H,23,25). The van der Waals surface area contributed by atoms with Gasteiger partial charge in [0.2, 0.25) is 0 Å². The van der Waals surface area contributed by atoms with Gasteiger partial charge < -0.3 is 5.32 Å². The van der Waals surface area contributed by atoms with E-state index in [1.807, 2.05) is 6.07 Å². The van der Waals surface area contributed by atoms with Crippen LogP contribution in [0.1, 0.15) is 17.4 Å². The van der Waals surface area contributed by atoms with Crippen molar-refractivity contribution < 1.29 is 13.2 Å². The van der Waals surface area contributed by atoms with Crippen molar-refractivity contribution in [1.29, 1.82) is 0 Å². The first-order valence-electron chi connectivity index (χ1n) is 8.53. The van der Waals surface area contributed by atoms with Gasteiger partial charge in [-0.2, -0.15) is 0 Å². The van der Waals surface area contributed by atoms with Crippen LogP contribution in [0.15, 0.2) is 77.8 Å². The number of nitrogens with zero attached hydrogens (tertiary/aromatic N) is 2. The fourth-order valence-electron chi connectivity index (χ4n) is 2.68. The molecule has 0 saturated carbocycles. The first-order chi connectivity index (χ1) is 13.4. The van der Waals surface area contributed by atoms with E-state index in [9.17, 15) is 13.2 Å². The van der Waals surface area contributed by atoms with Crippen molar-refractivity contribution in [3.8, 4) is 0 Å². The number of anilines is 2. The Hall–Kier alpha value is -2.90. The molecule has 0 aliphatic heterocycles. The fourth-order valence-corrected chi connectivity index (χ4v) is 4.65. The number of para-hydroxylation sites is 1. The highest BCUT2D eigenvalue weighted by atomic mass is 35.5.